The van der Waals surface area contributed by atoms with Crippen molar-refractivity contribution in [2.75, 3.05) is 12.4 Å². The van der Waals surface area contributed by atoms with Gasteiger partial charge in [0.2, 0.25) is 5.91 Å². The van der Waals surface area contributed by atoms with Crippen LogP contribution >= 0.6 is 15.9 Å². The Morgan fingerprint density at radius 2 is 1.74 bits per heavy atom. The molecule has 1 aliphatic carbocycles. The first-order valence-electron chi connectivity index (χ1n) is 11.7. The van der Waals surface area contributed by atoms with E-state index in [-0.39, 0.29) is 12.0 Å². The molecule has 6 heteroatoms. The number of ether oxygens (including phenoxy) is 2. The van der Waals surface area contributed by atoms with Crippen LogP contribution in [0.3, 0.4) is 0 Å². The van der Waals surface area contributed by atoms with Crippen molar-refractivity contribution in [3.8, 4) is 11.5 Å². The summed E-state index contributed by atoms with van der Waals surface area (Å²) in [5.74, 6) is 1.32. The van der Waals surface area contributed by atoms with Crippen LogP contribution in [0.5, 0.6) is 11.5 Å². The van der Waals surface area contributed by atoms with Crippen LogP contribution in [0, 0.1) is 0 Å². The summed E-state index contributed by atoms with van der Waals surface area (Å²) in [6.07, 6.45) is 5.24. The predicted octanol–water partition coefficient (Wildman–Crippen LogP) is 6.18. The minimum atomic E-state index is -0.543. The van der Waals surface area contributed by atoms with Crippen molar-refractivity contribution in [3.05, 3.63) is 87.9 Å². The lowest BCUT2D eigenvalue weighted by molar-refractivity contribution is -0.117. The molecule has 1 N–H and O–H groups in total. The van der Waals surface area contributed by atoms with E-state index in [4.69, 9.17) is 14.5 Å². The predicted molar refractivity (Wildman–Crippen MR) is 138 cm³/mol. The number of amides is 1. The molecule has 1 atom stereocenters. The number of nitrogens with zero attached hydrogens (tertiary/aromatic N) is 1. The Morgan fingerprint density at radius 3 is 2.44 bits per heavy atom. The number of benzene rings is 3. The molecule has 1 amide bonds. The SMILES string of the molecule is COc1cc2c(cc1OC1CCCC1)CC(C(=O)Nc1ccc(Br)cc1)N=C2c1ccccc1. The topological polar surface area (TPSA) is 59.9 Å². The second-order valence-electron chi connectivity index (χ2n) is 8.74. The quantitative estimate of drug-likeness (QED) is 0.423. The number of fused-ring (bicyclic) bond motifs is 1. The molecule has 5 nitrogen and oxygen atoms in total. The van der Waals surface area contributed by atoms with E-state index < -0.39 is 6.04 Å². The van der Waals surface area contributed by atoms with Crippen LogP contribution in [0.1, 0.15) is 42.4 Å². The van der Waals surface area contributed by atoms with Crippen LogP contribution in [0.2, 0.25) is 0 Å². The molecular weight excluding hydrogens is 492 g/mol. The van der Waals surface area contributed by atoms with Crippen LogP contribution < -0.4 is 14.8 Å². The Kier molecular flexibility index (Phi) is 6.68. The molecule has 3 aromatic carbocycles. The Labute approximate surface area is 208 Å². The zero-order valence-corrected chi connectivity index (χ0v) is 20.7. The molecule has 34 heavy (non-hydrogen) atoms. The molecule has 174 valence electrons. The third kappa shape index (κ3) is 4.87. The molecule has 0 bridgehead atoms. The second kappa shape index (κ2) is 10.0. The number of halogens is 1. The van der Waals surface area contributed by atoms with Crippen molar-refractivity contribution >= 4 is 33.2 Å². The molecule has 1 heterocycles. The molecule has 0 radical (unpaired) electrons. The van der Waals surface area contributed by atoms with Crippen molar-refractivity contribution < 1.29 is 14.3 Å². The molecule has 0 aromatic heterocycles. The molecule has 2 aliphatic rings. The fourth-order valence-corrected chi connectivity index (χ4v) is 4.91. The van der Waals surface area contributed by atoms with Gasteiger partial charge in [0, 0.05) is 27.7 Å². The van der Waals surface area contributed by atoms with E-state index in [1.807, 2.05) is 66.7 Å². The zero-order valence-electron chi connectivity index (χ0n) is 19.1. The zero-order chi connectivity index (χ0) is 23.5. The van der Waals surface area contributed by atoms with Gasteiger partial charge in [-0.3, -0.25) is 9.79 Å². The van der Waals surface area contributed by atoms with E-state index in [1.54, 1.807) is 7.11 Å². The van der Waals surface area contributed by atoms with E-state index in [2.05, 4.69) is 21.2 Å². The Balaban J connectivity index is 1.51. The summed E-state index contributed by atoms with van der Waals surface area (Å²) in [5, 5.41) is 3.01. The van der Waals surface area contributed by atoms with Gasteiger partial charge < -0.3 is 14.8 Å². The van der Waals surface area contributed by atoms with Gasteiger partial charge in [-0.25, -0.2) is 0 Å². The fourth-order valence-electron chi connectivity index (χ4n) is 4.64. The minimum absolute atomic E-state index is 0.129. The Bertz CT molecular complexity index is 1200. The monoisotopic (exact) mass is 518 g/mol. The lowest BCUT2D eigenvalue weighted by atomic mass is 9.89. The van der Waals surface area contributed by atoms with Gasteiger partial charge in [-0.2, -0.15) is 0 Å². The maximum absolute atomic E-state index is 13.2. The summed E-state index contributed by atoms with van der Waals surface area (Å²) in [7, 11) is 1.67. The van der Waals surface area contributed by atoms with Crippen LogP contribution in [0.25, 0.3) is 0 Å². The average Bonchev–Trinajstić information content (AvgIpc) is 3.38. The standard InChI is InChI=1S/C28H27BrN2O3/c1-33-25-17-23-19(16-26(25)34-22-9-5-6-10-22)15-24(31-27(23)18-7-3-2-4-8-18)28(32)30-21-13-11-20(29)12-14-21/h2-4,7-8,11-14,16-17,22,24H,5-6,9-10,15H2,1H3,(H,30,32). The van der Waals surface area contributed by atoms with Crippen LogP contribution in [-0.4, -0.2) is 30.9 Å². The molecule has 0 saturated heterocycles. The second-order valence-corrected chi connectivity index (χ2v) is 9.66. The normalized spacial score (nSPS) is 17.6. The lowest BCUT2D eigenvalue weighted by Gasteiger charge is -2.26. The van der Waals surface area contributed by atoms with Crippen molar-refractivity contribution in [1.29, 1.82) is 0 Å². The van der Waals surface area contributed by atoms with E-state index >= 15 is 0 Å². The van der Waals surface area contributed by atoms with Gasteiger partial charge >= 0.3 is 0 Å². The number of hydrogen-bond donors (Lipinski definition) is 1. The molecule has 1 unspecified atom stereocenters. The number of hydrogen-bond acceptors (Lipinski definition) is 4. The van der Waals surface area contributed by atoms with Crippen LogP contribution in [-0.2, 0) is 11.2 Å². The Morgan fingerprint density at radius 1 is 1.00 bits per heavy atom. The maximum atomic E-state index is 13.2. The van der Waals surface area contributed by atoms with Gasteiger partial charge in [-0.1, -0.05) is 46.3 Å². The van der Waals surface area contributed by atoms with Gasteiger partial charge in [0.25, 0.3) is 0 Å². The first-order chi connectivity index (χ1) is 16.6. The number of methoxy groups -OCH3 is 1. The highest BCUT2D eigenvalue weighted by atomic mass is 79.9. The van der Waals surface area contributed by atoms with Gasteiger partial charge in [0.05, 0.1) is 18.9 Å². The van der Waals surface area contributed by atoms with Crippen molar-refractivity contribution in [3.63, 3.8) is 0 Å². The fraction of sp³-hybridized carbons (Fsp3) is 0.286. The molecule has 0 spiro atoms. The Hall–Kier alpha value is -3.12. The van der Waals surface area contributed by atoms with Crippen molar-refractivity contribution in [1.82, 2.24) is 0 Å². The molecular formula is C28H27BrN2O3. The van der Waals surface area contributed by atoms with Crippen LogP contribution in [0.4, 0.5) is 5.69 Å². The third-order valence-electron chi connectivity index (χ3n) is 6.40. The van der Waals surface area contributed by atoms with Gasteiger partial charge in [-0.05, 0) is 67.6 Å². The lowest BCUT2D eigenvalue weighted by Crippen LogP contribution is -2.33. The summed E-state index contributed by atoms with van der Waals surface area (Å²) in [6, 6.07) is 21.1. The highest BCUT2D eigenvalue weighted by molar-refractivity contribution is 9.10. The van der Waals surface area contributed by atoms with E-state index in [1.165, 1.54) is 12.8 Å². The molecule has 1 fully saturated rings. The number of carbonyl (C=O) groups excluding carboxylic acids is 1. The van der Waals surface area contributed by atoms with E-state index in [0.717, 1.165) is 51.2 Å². The summed E-state index contributed by atoms with van der Waals surface area (Å²) >= 11 is 3.43. The number of anilines is 1. The summed E-state index contributed by atoms with van der Waals surface area (Å²) in [4.78, 5) is 18.2. The van der Waals surface area contributed by atoms with Gasteiger partial charge in [-0.15, -0.1) is 0 Å². The molecule has 5 rings (SSSR count). The summed E-state index contributed by atoms with van der Waals surface area (Å²) in [6.45, 7) is 0. The number of aliphatic imine (C=N–C) groups is 1. The maximum Gasteiger partial charge on any atom is 0.249 e. The summed E-state index contributed by atoms with van der Waals surface area (Å²) < 4.78 is 13.0. The van der Waals surface area contributed by atoms with Crippen LogP contribution in [0.15, 0.2) is 76.2 Å². The minimum Gasteiger partial charge on any atom is -0.493 e. The van der Waals surface area contributed by atoms with Crippen molar-refractivity contribution in [2.24, 2.45) is 4.99 Å². The van der Waals surface area contributed by atoms with E-state index in [9.17, 15) is 4.79 Å². The third-order valence-corrected chi connectivity index (χ3v) is 6.93. The average molecular weight is 519 g/mol. The van der Waals surface area contributed by atoms with Gasteiger partial charge in [0.1, 0.15) is 6.04 Å². The summed E-state index contributed by atoms with van der Waals surface area (Å²) in [5.41, 5.74) is 4.53. The van der Waals surface area contributed by atoms with E-state index in [0.29, 0.717) is 12.2 Å². The van der Waals surface area contributed by atoms with Gasteiger partial charge in [0.15, 0.2) is 11.5 Å². The number of nitrogens with one attached hydrogen (secondary N) is 1. The largest absolute Gasteiger partial charge is 0.493 e. The molecule has 3 aromatic rings. The number of rotatable bonds is 6. The van der Waals surface area contributed by atoms with Crippen molar-refractivity contribution in [2.45, 2.75) is 44.2 Å². The first kappa shape index (κ1) is 22.7. The molecule has 1 aliphatic heterocycles. The highest BCUT2D eigenvalue weighted by Crippen LogP contribution is 2.37. The first-order valence-corrected chi connectivity index (χ1v) is 12.5. The smallest absolute Gasteiger partial charge is 0.249 e. The molecule has 1 saturated carbocycles. The highest BCUT2D eigenvalue weighted by Gasteiger charge is 2.29. The number of carbonyl (C=O) groups is 1.